The molecule has 0 aliphatic rings. The van der Waals surface area contributed by atoms with Crippen molar-refractivity contribution in [2.75, 3.05) is 19.7 Å². The first-order valence-electron chi connectivity index (χ1n) is 11.7. The molecule has 0 saturated carbocycles. The number of fused-ring (bicyclic) bond motifs is 1. The Hall–Kier alpha value is -2.72. The van der Waals surface area contributed by atoms with Crippen LogP contribution in [0.5, 0.6) is 5.75 Å². The topological polar surface area (TPSA) is 110 Å². The fourth-order valence-electron chi connectivity index (χ4n) is 3.88. The fourth-order valence-corrected chi connectivity index (χ4v) is 5.39. The number of sulfonamides is 1. The van der Waals surface area contributed by atoms with Gasteiger partial charge in [0, 0.05) is 25.6 Å². The molecule has 0 aliphatic heterocycles. The number of nitrogens with zero attached hydrogens (tertiary/aromatic N) is 4. The van der Waals surface area contributed by atoms with E-state index in [1.165, 1.54) is 15.1 Å². The smallest absolute Gasteiger partial charge is 0.277 e. The quantitative estimate of drug-likeness (QED) is 0.489. The minimum atomic E-state index is -3.72. The van der Waals surface area contributed by atoms with Gasteiger partial charge >= 0.3 is 0 Å². The SMILES string of the molecule is CCCCN(CC)S(=O)(=O)c1ccc(OCC)c(-c2nc3c(C(C)(C)C)nn(C)c3c(=O)[nH]2)c1. The summed E-state index contributed by atoms with van der Waals surface area (Å²) in [5.74, 6) is 0.690. The molecule has 34 heavy (non-hydrogen) atoms. The van der Waals surface area contributed by atoms with Crippen molar-refractivity contribution >= 4 is 21.1 Å². The van der Waals surface area contributed by atoms with Crippen molar-refractivity contribution in [2.45, 2.75) is 64.7 Å². The van der Waals surface area contributed by atoms with Crippen LogP contribution in [0.4, 0.5) is 0 Å². The van der Waals surface area contributed by atoms with E-state index < -0.39 is 10.0 Å². The maximum Gasteiger partial charge on any atom is 0.277 e. The molecule has 0 amide bonds. The van der Waals surface area contributed by atoms with Crippen LogP contribution in [0.2, 0.25) is 0 Å². The van der Waals surface area contributed by atoms with Gasteiger partial charge in [-0.25, -0.2) is 13.4 Å². The molecule has 0 bridgehead atoms. The molecular weight excluding hydrogens is 454 g/mol. The lowest BCUT2D eigenvalue weighted by Gasteiger charge is -2.21. The molecule has 0 atom stereocenters. The third kappa shape index (κ3) is 4.88. The second kappa shape index (κ2) is 9.87. The van der Waals surface area contributed by atoms with E-state index in [-0.39, 0.29) is 21.7 Å². The highest BCUT2D eigenvalue weighted by Gasteiger charge is 2.27. The van der Waals surface area contributed by atoms with Crippen molar-refractivity contribution in [3.63, 3.8) is 0 Å². The van der Waals surface area contributed by atoms with Crippen LogP contribution in [0.15, 0.2) is 27.9 Å². The van der Waals surface area contributed by atoms with E-state index in [9.17, 15) is 13.2 Å². The van der Waals surface area contributed by atoms with Crippen LogP contribution >= 0.6 is 0 Å². The molecule has 1 N–H and O–H groups in total. The molecule has 0 fully saturated rings. The Morgan fingerprint density at radius 3 is 2.47 bits per heavy atom. The molecule has 1 aromatic carbocycles. The van der Waals surface area contributed by atoms with Crippen LogP contribution in [0.25, 0.3) is 22.4 Å². The van der Waals surface area contributed by atoms with E-state index in [2.05, 4.69) is 10.1 Å². The molecule has 0 radical (unpaired) electrons. The number of H-pyrrole nitrogens is 1. The second-order valence-corrected chi connectivity index (χ2v) is 11.2. The highest BCUT2D eigenvalue weighted by molar-refractivity contribution is 7.89. The number of benzene rings is 1. The molecule has 0 saturated heterocycles. The zero-order chi connectivity index (χ0) is 25.3. The summed E-state index contributed by atoms with van der Waals surface area (Å²) in [5.41, 5.74) is 1.27. The van der Waals surface area contributed by atoms with Crippen molar-refractivity contribution in [3.05, 3.63) is 34.2 Å². The van der Waals surface area contributed by atoms with Gasteiger partial charge in [-0.3, -0.25) is 9.48 Å². The third-order valence-corrected chi connectivity index (χ3v) is 7.63. The van der Waals surface area contributed by atoms with Gasteiger partial charge in [0.05, 0.1) is 22.8 Å². The lowest BCUT2D eigenvalue weighted by molar-refractivity contribution is 0.341. The van der Waals surface area contributed by atoms with E-state index in [1.807, 2.05) is 41.5 Å². The monoisotopic (exact) mass is 489 g/mol. The van der Waals surface area contributed by atoms with Crippen molar-refractivity contribution < 1.29 is 13.2 Å². The van der Waals surface area contributed by atoms with Gasteiger partial charge < -0.3 is 9.72 Å². The fraction of sp³-hybridized carbons (Fsp3) is 0.542. The Morgan fingerprint density at radius 2 is 1.88 bits per heavy atom. The Kier molecular flexibility index (Phi) is 7.52. The van der Waals surface area contributed by atoms with Gasteiger partial charge in [-0.1, -0.05) is 41.0 Å². The predicted octanol–water partition coefficient (Wildman–Crippen LogP) is 3.83. The first-order chi connectivity index (χ1) is 15.9. The molecule has 9 nitrogen and oxygen atoms in total. The van der Waals surface area contributed by atoms with E-state index in [4.69, 9.17) is 9.72 Å². The molecule has 3 rings (SSSR count). The Bertz CT molecular complexity index is 1340. The standard InChI is InChI=1S/C24H35N5O4S/c1-8-11-14-29(9-2)34(31,32)16-12-13-18(33-10-3)17(15-16)22-25-19-20(23(30)26-22)28(7)27-21(19)24(4,5)6/h12-13,15H,8-11,14H2,1-7H3,(H,25,26,30). The molecule has 2 aromatic heterocycles. The average Bonchev–Trinajstić information content (AvgIpc) is 3.12. The zero-order valence-corrected chi connectivity index (χ0v) is 21.9. The normalized spacial score (nSPS) is 12.6. The van der Waals surface area contributed by atoms with Crippen LogP contribution < -0.4 is 10.3 Å². The van der Waals surface area contributed by atoms with Gasteiger partial charge in [-0.2, -0.15) is 9.40 Å². The molecule has 0 aliphatic carbocycles. The summed E-state index contributed by atoms with van der Waals surface area (Å²) in [6.45, 7) is 12.9. The van der Waals surface area contributed by atoms with Crippen LogP contribution in [0.3, 0.4) is 0 Å². The molecule has 0 spiro atoms. The number of aromatic amines is 1. The van der Waals surface area contributed by atoms with Crippen LogP contribution in [0, 0.1) is 0 Å². The van der Waals surface area contributed by atoms with Crippen molar-refractivity contribution in [2.24, 2.45) is 7.05 Å². The minimum absolute atomic E-state index is 0.133. The number of rotatable bonds is 9. The summed E-state index contributed by atoms with van der Waals surface area (Å²) >= 11 is 0. The third-order valence-electron chi connectivity index (χ3n) is 5.66. The summed E-state index contributed by atoms with van der Waals surface area (Å²) in [5, 5.41) is 4.54. The maximum atomic E-state index is 13.4. The largest absolute Gasteiger partial charge is 0.493 e. The number of nitrogens with one attached hydrogen (secondary N) is 1. The van der Waals surface area contributed by atoms with Gasteiger partial charge in [0.25, 0.3) is 5.56 Å². The molecule has 3 aromatic rings. The molecule has 2 heterocycles. The van der Waals surface area contributed by atoms with Crippen LogP contribution in [0.1, 0.15) is 60.1 Å². The average molecular weight is 490 g/mol. The molecular formula is C24H35N5O4S. The first kappa shape index (κ1) is 25.9. The summed E-state index contributed by atoms with van der Waals surface area (Å²) in [4.78, 5) is 20.7. The van der Waals surface area contributed by atoms with Gasteiger partial charge in [0.15, 0.2) is 5.52 Å². The summed E-state index contributed by atoms with van der Waals surface area (Å²) < 4.78 is 35.5. The van der Waals surface area contributed by atoms with Crippen molar-refractivity contribution in [1.29, 1.82) is 0 Å². The van der Waals surface area contributed by atoms with E-state index in [1.54, 1.807) is 19.2 Å². The Balaban J connectivity index is 2.25. The van der Waals surface area contributed by atoms with Gasteiger partial charge in [-0.05, 0) is 31.5 Å². The summed E-state index contributed by atoms with van der Waals surface area (Å²) in [7, 11) is -2.01. The van der Waals surface area contributed by atoms with Gasteiger partial charge in [-0.15, -0.1) is 0 Å². The lowest BCUT2D eigenvalue weighted by Crippen LogP contribution is -2.31. The summed E-state index contributed by atoms with van der Waals surface area (Å²) in [6.07, 6.45) is 1.67. The van der Waals surface area contributed by atoms with Crippen molar-refractivity contribution in [3.8, 4) is 17.1 Å². The number of ether oxygens (including phenoxy) is 1. The molecule has 10 heteroatoms. The highest BCUT2D eigenvalue weighted by Crippen LogP contribution is 2.33. The molecule has 186 valence electrons. The number of hydrogen-bond donors (Lipinski definition) is 1. The minimum Gasteiger partial charge on any atom is -0.493 e. The van der Waals surface area contributed by atoms with E-state index in [0.717, 1.165) is 12.8 Å². The number of hydrogen-bond acceptors (Lipinski definition) is 6. The maximum absolute atomic E-state index is 13.4. The lowest BCUT2D eigenvalue weighted by atomic mass is 9.91. The van der Waals surface area contributed by atoms with E-state index >= 15 is 0 Å². The number of aryl methyl sites for hydroxylation is 1. The van der Waals surface area contributed by atoms with Crippen LogP contribution in [-0.4, -0.2) is 52.2 Å². The van der Waals surface area contributed by atoms with Crippen LogP contribution in [-0.2, 0) is 22.5 Å². The Morgan fingerprint density at radius 1 is 1.18 bits per heavy atom. The zero-order valence-electron chi connectivity index (χ0n) is 21.1. The van der Waals surface area contributed by atoms with Crippen molar-refractivity contribution in [1.82, 2.24) is 24.1 Å². The molecule has 0 unspecified atom stereocenters. The predicted molar refractivity (Wildman–Crippen MR) is 134 cm³/mol. The number of aromatic nitrogens is 4. The van der Waals surface area contributed by atoms with E-state index in [0.29, 0.717) is 47.7 Å². The van der Waals surface area contributed by atoms with Gasteiger partial charge in [0.1, 0.15) is 17.1 Å². The second-order valence-electron chi connectivity index (χ2n) is 9.28. The highest BCUT2D eigenvalue weighted by atomic mass is 32.2. The van der Waals surface area contributed by atoms with Gasteiger partial charge in [0.2, 0.25) is 10.0 Å². The first-order valence-corrected chi connectivity index (χ1v) is 13.1. The Labute approximate surface area is 201 Å². The number of unbranched alkanes of at least 4 members (excludes halogenated alkanes) is 1. The summed E-state index contributed by atoms with van der Waals surface area (Å²) in [6, 6.07) is 4.70.